The molecule has 0 amide bonds. The van der Waals surface area contributed by atoms with Crippen LogP contribution in [-0.2, 0) is 0 Å². The lowest BCUT2D eigenvalue weighted by Crippen LogP contribution is -2.51. The van der Waals surface area contributed by atoms with Gasteiger partial charge >= 0.3 is 0 Å². The summed E-state index contributed by atoms with van der Waals surface area (Å²) in [6.07, 6.45) is 5.08. The molecule has 2 aliphatic heterocycles. The van der Waals surface area contributed by atoms with Crippen molar-refractivity contribution in [3.63, 3.8) is 0 Å². The number of pyridine rings is 3. The van der Waals surface area contributed by atoms with Gasteiger partial charge in [-0.05, 0) is 43.7 Å². The molecule has 2 atom stereocenters. The Hall–Kier alpha value is -3.72. The highest BCUT2D eigenvalue weighted by Gasteiger charge is 2.40. The number of rotatable bonds is 4. The second-order valence-corrected chi connectivity index (χ2v) is 8.00. The normalized spacial score (nSPS) is 18.3. The van der Waals surface area contributed by atoms with Gasteiger partial charge in [-0.1, -0.05) is 0 Å². The Morgan fingerprint density at radius 2 is 2.06 bits per heavy atom. The number of H-pyrrole nitrogens is 1. The highest BCUT2D eigenvalue weighted by molar-refractivity contribution is 5.85. The lowest BCUT2D eigenvalue weighted by atomic mass is 10.1. The first-order valence-electron chi connectivity index (χ1n) is 10.4. The van der Waals surface area contributed by atoms with Crippen molar-refractivity contribution in [1.82, 2.24) is 24.9 Å². The largest absolute Gasteiger partial charge is 0.366 e. The van der Waals surface area contributed by atoms with E-state index in [0.717, 1.165) is 53.5 Å². The van der Waals surface area contributed by atoms with Crippen LogP contribution < -0.4 is 15.1 Å². The van der Waals surface area contributed by atoms with Gasteiger partial charge in [0.05, 0.1) is 29.3 Å². The minimum absolute atomic E-state index is 0.162. The molecule has 9 nitrogen and oxygen atoms in total. The summed E-state index contributed by atoms with van der Waals surface area (Å²) in [6, 6.07) is 10.1. The number of hydrogen-bond donors (Lipinski definition) is 3. The summed E-state index contributed by atoms with van der Waals surface area (Å²) >= 11 is 0. The van der Waals surface area contributed by atoms with Gasteiger partial charge < -0.3 is 25.2 Å². The van der Waals surface area contributed by atoms with Gasteiger partial charge in [0.1, 0.15) is 5.52 Å². The number of imidazole rings is 1. The van der Waals surface area contributed by atoms with Gasteiger partial charge in [-0.3, -0.25) is 4.98 Å². The van der Waals surface area contributed by atoms with E-state index in [4.69, 9.17) is 4.98 Å². The average molecular weight is 414 g/mol. The van der Waals surface area contributed by atoms with Crippen LogP contribution in [0, 0.1) is 6.92 Å². The molecule has 2 aliphatic rings. The summed E-state index contributed by atoms with van der Waals surface area (Å²) in [4.78, 5) is 25.4. The van der Waals surface area contributed by atoms with Crippen LogP contribution in [0.25, 0.3) is 22.3 Å². The number of fused-ring (bicyclic) bond motifs is 5. The van der Waals surface area contributed by atoms with Gasteiger partial charge in [0, 0.05) is 36.7 Å². The summed E-state index contributed by atoms with van der Waals surface area (Å²) in [5.74, 6) is 1.31. The standard InChI is InChI=1S/C22H22N8O/c1-13-10-14(4-7-23-13)16-2-3-18-21(27-16)30(15-6-9-29(18)11-15)22(31)28-20-19-17(5-8-24-20)25-12-26-19/h2-5,7-8,10,12,15,22,31H,6,9,11H2,1H3,(H,24,28)(H,25,26)/t15-,22?/m0/s1. The zero-order chi connectivity index (χ0) is 20.9. The van der Waals surface area contributed by atoms with Crippen molar-refractivity contribution in [3.05, 3.63) is 54.7 Å². The third-order valence-electron chi connectivity index (χ3n) is 6.06. The first kappa shape index (κ1) is 18.1. The van der Waals surface area contributed by atoms with Crippen LogP contribution in [0.5, 0.6) is 0 Å². The van der Waals surface area contributed by atoms with Crippen LogP contribution in [-0.4, -0.2) is 55.5 Å². The minimum atomic E-state index is -0.985. The smallest absolute Gasteiger partial charge is 0.208 e. The SMILES string of the molecule is Cc1cc(-c2ccc3c(n2)N(C(O)Nc2nccc4[nH]cnc24)[C@H]2CCN3C2)ccn1. The van der Waals surface area contributed by atoms with E-state index in [1.165, 1.54) is 0 Å². The molecule has 6 heterocycles. The van der Waals surface area contributed by atoms with E-state index in [1.807, 2.05) is 36.1 Å². The lowest BCUT2D eigenvalue weighted by Gasteiger charge is -2.40. The summed E-state index contributed by atoms with van der Waals surface area (Å²) in [5, 5.41) is 14.4. The molecule has 1 saturated heterocycles. The lowest BCUT2D eigenvalue weighted by molar-refractivity contribution is 0.185. The summed E-state index contributed by atoms with van der Waals surface area (Å²) in [6.45, 7) is 3.78. The van der Waals surface area contributed by atoms with E-state index in [0.29, 0.717) is 11.3 Å². The van der Waals surface area contributed by atoms with Crippen molar-refractivity contribution in [2.24, 2.45) is 0 Å². The fraction of sp³-hybridized carbons (Fsp3) is 0.273. The van der Waals surface area contributed by atoms with Gasteiger partial charge in [0.15, 0.2) is 11.6 Å². The minimum Gasteiger partial charge on any atom is -0.366 e. The highest BCUT2D eigenvalue weighted by Crippen LogP contribution is 2.41. The number of anilines is 3. The molecular formula is C22H22N8O. The molecule has 3 N–H and O–H groups in total. The molecule has 1 fully saturated rings. The van der Waals surface area contributed by atoms with Crippen molar-refractivity contribution >= 4 is 28.4 Å². The third-order valence-corrected chi connectivity index (χ3v) is 6.06. The summed E-state index contributed by atoms with van der Waals surface area (Å²) in [5.41, 5.74) is 5.41. The molecule has 2 bridgehead atoms. The molecule has 0 saturated carbocycles. The van der Waals surface area contributed by atoms with Gasteiger partial charge in [0.2, 0.25) is 6.35 Å². The molecule has 1 unspecified atom stereocenters. The van der Waals surface area contributed by atoms with Gasteiger partial charge in [-0.2, -0.15) is 0 Å². The Bertz CT molecular complexity index is 1270. The second-order valence-electron chi connectivity index (χ2n) is 8.00. The molecule has 31 heavy (non-hydrogen) atoms. The number of hydrogen-bond acceptors (Lipinski definition) is 8. The quantitative estimate of drug-likeness (QED) is 0.438. The molecule has 6 rings (SSSR count). The Balaban J connectivity index is 1.40. The molecule has 4 aromatic heterocycles. The molecule has 0 spiro atoms. The Labute approximate surface area is 178 Å². The monoisotopic (exact) mass is 414 g/mol. The first-order valence-corrected chi connectivity index (χ1v) is 10.4. The predicted molar refractivity (Wildman–Crippen MR) is 119 cm³/mol. The third kappa shape index (κ3) is 2.97. The fourth-order valence-electron chi connectivity index (χ4n) is 4.58. The highest BCUT2D eigenvalue weighted by atomic mass is 16.3. The predicted octanol–water partition coefficient (Wildman–Crippen LogP) is 2.51. The van der Waals surface area contributed by atoms with Crippen LogP contribution in [0.15, 0.2) is 49.1 Å². The van der Waals surface area contributed by atoms with Crippen molar-refractivity contribution < 1.29 is 5.11 Å². The Morgan fingerprint density at radius 1 is 1.16 bits per heavy atom. The van der Waals surface area contributed by atoms with Crippen LogP contribution >= 0.6 is 0 Å². The van der Waals surface area contributed by atoms with Crippen LogP contribution in [0.1, 0.15) is 12.1 Å². The van der Waals surface area contributed by atoms with Gasteiger partial charge in [-0.15, -0.1) is 0 Å². The first-order chi connectivity index (χ1) is 15.2. The van der Waals surface area contributed by atoms with E-state index >= 15 is 0 Å². The average Bonchev–Trinajstić information content (AvgIpc) is 3.42. The molecule has 156 valence electrons. The summed E-state index contributed by atoms with van der Waals surface area (Å²) in [7, 11) is 0. The van der Waals surface area contributed by atoms with Crippen molar-refractivity contribution in [3.8, 4) is 11.3 Å². The van der Waals surface area contributed by atoms with Gasteiger partial charge in [-0.25, -0.2) is 15.0 Å². The number of aryl methyl sites for hydroxylation is 1. The number of aliphatic hydroxyl groups is 1. The fourth-order valence-corrected chi connectivity index (χ4v) is 4.58. The Kier molecular flexibility index (Phi) is 4.03. The Morgan fingerprint density at radius 3 is 2.97 bits per heavy atom. The molecule has 0 aliphatic carbocycles. The van der Waals surface area contributed by atoms with Gasteiger partial charge in [0.25, 0.3) is 0 Å². The topological polar surface area (TPSA) is 106 Å². The van der Waals surface area contributed by atoms with E-state index < -0.39 is 6.35 Å². The second kappa shape index (κ2) is 6.92. The van der Waals surface area contributed by atoms with Crippen LogP contribution in [0.4, 0.5) is 17.3 Å². The molecule has 4 aromatic rings. The zero-order valence-electron chi connectivity index (χ0n) is 17.0. The maximum absolute atomic E-state index is 11.3. The number of aromatic nitrogens is 5. The molecular weight excluding hydrogens is 392 g/mol. The van der Waals surface area contributed by atoms with Crippen molar-refractivity contribution in [1.29, 1.82) is 0 Å². The number of nitrogens with one attached hydrogen (secondary N) is 2. The number of aliphatic hydroxyl groups excluding tert-OH is 1. The van der Waals surface area contributed by atoms with Crippen molar-refractivity contribution in [2.45, 2.75) is 25.7 Å². The molecule has 0 aromatic carbocycles. The van der Waals surface area contributed by atoms with Crippen LogP contribution in [0.3, 0.4) is 0 Å². The van der Waals surface area contributed by atoms with Crippen molar-refractivity contribution in [2.75, 3.05) is 28.2 Å². The maximum atomic E-state index is 11.3. The summed E-state index contributed by atoms with van der Waals surface area (Å²) < 4.78 is 0. The number of nitrogens with zero attached hydrogens (tertiary/aromatic N) is 6. The van der Waals surface area contributed by atoms with E-state index in [-0.39, 0.29) is 6.04 Å². The van der Waals surface area contributed by atoms with Crippen LogP contribution in [0.2, 0.25) is 0 Å². The van der Waals surface area contributed by atoms with E-state index in [9.17, 15) is 5.11 Å². The number of aromatic amines is 1. The molecule has 9 heteroatoms. The molecule has 0 radical (unpaired) electrons. The van der Waals surface area contributed by atoms with E-state index in [1.54, 1.807) is 18.7 Å². The van der Waals surface area contributed by atoms with E-state index in [2.05, 4.69) is 36.2 Å². The maximum Gasteiger partial charge on any atom is 0.208 e. The zero-order valence-corrected chi connectivity index (χ0v) is 17.0.